The van der Waals surface area contributed by atoms with Gasteiger partial charge in [0.1, 0.15) is 11.5 Å². The van der Waals surface area contributed by atoms with E-state index in [0.717, 1.165) is 17.9 Å². The molecule has 0 spiro atoms. The molecule has 0 bridgehead atoms. The second-order valence-corrected chi connectivity index (χ2v) is 7.90. The van der Waals surface area contributed by atoms with Gasteiger partial charge in [0.25, 0.3) is 0 Å². The highest BCUT2D eigenvalue weighted by Gasteiger charge is 2.48. The van der Waals surface area contributed by atoms with Crippen LogP contribution in [0.1, 0.15) is 58.5 Å². The van der Waals surface area contributed by atoms with Crippen molar-refractivity contribution in [3.05, 3.63) is 23.7 Å². The summed E-state index contributed by atoms with van der Waals surface area (Å²) in [5.74, 6) is 2.58. The van der Waals surface area contributed by atoms with E-state index in [-0.39, 0.29) is 35.4 Å². The lowest BCUT2D eigenvalue weighted by Gasteiger charge is -2.35. The molecule has 122 valence electrons. The summed E-state index contributed by atoms with van der Waals surface area (Å²) in [4.78, 5) is 14.6. The monoisotopic (exact) mass is 305 g/mol. The predicted octanol–water partition coefficient (Wildman–Crippen LogP) is 3.32. The lowest BCUT2D eigenvalue weighted by molar-refractivity contribution is -0.144. The number of furan rings is 1. The molecule has 0 aromatic carbocycles. The van der Waals surface area contributed by atoms with E-state index in [2.05, 4.69) is 20.8 Å². The quantitative estimate of drug-likeness (QED) is 0.842. The number of morpholine rings is 1. The van der Waals surface area contributed by atoms with Gasteiger partial charge >= 0.3 is 0 Å². The second-order valence-electron chi connectivity index (χ2n) is 7.90. The molecule has 4 heteroatoms. The normalized spacial score (nSPS) is 32.1. The van der Waals surface area contributed by atoms with Crippen LogP contribution in [0.4, 0.5) is 0 Å². The van der Waals surface area contributed by atoms with Crippen LogP contribution in [0.25, 0.3) is 0 Å². The Morgan fingerprint density at radius 3 is 2.36 bits per heavy atom. The van der Waals surface area contributed by atoms with Crippen LogP contribution in [0.3, 0.4) is 0 Å². The number of amides is 1. The molecule has 2 unspecified atom stereocenters. The molecule has 22 heavy (non-hydrogen) atoms. The highest BCUT2D eigenvalue weighted by Crippen LogP contribution is 2.49. The molecule has 1 aromatic rings. The second kappa shape index (κ2) is 5.41. The predicted molar refractivity (Wildman–Crippen MR) is 84.8 cm³/mol. The van der Waals surface area contributed by atoms with Gasteiger partial charge in [-0.15, -0.1) is 0 Å². The van der Waals surface area contributed by atoms with Crippen molar-refractivity contribution in [1.82, 2.24) is 4.90 Å². The van der Waals surface area contributed by atoms with Crippen LogP contribution < -0.4 is 0 Å². The zero-order valence-corrected chi connectivity index (χ0v) is 14.3. The molecule has 4 nitrogen and oxygen atoms in total. The molecule has 2 fully saturated rings. The van der Waals surface area contributed by atoms with E-state index in [1.807, 2.05) is 30.9 Å². The first kappa shape index (κ1) is 15.6. The maximum absolute atomic E-state index is 12.7. The van der Waals surface area contributed by atoms with Crippen molar-refractivity contribution in [3.63, 3.8) is 0 Å². The van der Waals surface area contributed by atoms with E-state index in [4.69, 9.17) is 9.15 Å². The highest BCUT2D eigenvalue weighted by atomic mass is 16.5. The molecule has 1 aliphatic carbocycles. The summed E-state index contributed by atoms with van der Waals surface area (Å²) in [6.45, 7) is 11.9. The summed E-state index contributed by atoms with van der Waals surface area (Å²) >= 11 is 0. The number of hydrogen-bond donors (Lipinski definition) is 0. The van der Waals surface area contributed by atoms with Crippen LogP contribution in [0.15, 0.2) is 16.5 Å². The van der Waals surface area contributed by atoms with Gasteiger partial charge in [-0.2, -0.15) is 0 Å². The summed E-state index contributed by atoms with van der Waals surface area (Å²) in [5.41, 5.74) is 0.0156. The number of nitrogens with zero attached hydrogens (tertiary/aromatic N) is 1. The van der Waals surface area contributed by atoms with Crippen molar-refractivity contribution in [2.75, 3.05) is 13.1 Å². The van der Waals surface area contributed by atoms with Crippen LogP contribution >= 0.6 is 0 Å². The van der Waals surface area contributed by atoms with Crippen molar-refractivity contribution < 1.29 is 13.9 Å². The van der Waals surface area contributed by atoms with Gasteiger partial charge in [-0.25, -0.2) is 0 Å². The molecule has 3 rings (SSSR count). The molecule has 1 saturated heterocycles. The number of hydrogen-bond acceptors (Lipinski definition) is 3. The van der Waals surface area contributed by atoms with Gasteiger partial charge in [0.15, 0.2) is 0 Å². The van der Waals surface area contributed by atoms with E-state index >= 15 is 0 Å². The highest BCUT2D eigenvalue weighted by molar-refractivity contribution is 5.83. The fraction of sp³-hybridized carbons (Fsp3) is 0.722. The third-order valence-corrected chi connectivity index (χ3v) is 4.57. The van der Waals surface area contributed by atoms with Crippen LogP contribution in [-0.2, 0) is 14.9 Å². The molecule has 1 amide bonds. The van der Waals surface area contributed by atoms with E-state index in [9.17, 15) is 4.79 Å². The maximum atomic E-state index is 12.7. The molecule has 2 aliphatic rings. The van der Waals surface area contributed by atoms with Crippen LogP contribution in [0.2, 0.25) is 0 Å². The van der Waals surface area contributed by atoms with Crippen molar-refractivity contribution in [2.24, 2.45) is 5.92 Å². The van der Waals surface area contributed by atoms with Crippen LogP contribution in [-0.4, -0.2) is 36.1 Å². The van der Waals surface area contributed by atoms with Gasteiger partial charge in [0.2, 0.25) is 5.91 Å². The van der Waals surface area contributed by atoms with Gasteiger partial charge in [-0.05, 0) is 32.4 Å². The van der Waals surface area contributed by atoms with Crippen molar-refractivity contribution in [2.45, 2.75) is 64.6 Å². The molecule has 1 saturated carbocycles. The smallest absolute Gasteiger partial charge is 0.226 e. The zero-order chi connectivity index (χ0) is 16.1. The molecular weight excluding hydrogens is 278 g/mol. The Morgan fingerprint density at radius 2 is 1.82 bits per heavy atom. The summed E-state index contributed by atoms with van der Waals surface area (Å²) in [5, 5.41) is 0. The average Bonchev–Trinajstić information content (AvgIpc) is 3.03. The molecule has 2 heterocycles. The van der Waals surface area contributed by atoms with Gasteiger partial charge in [-0.1, -0.05) is 20.8 Å². The minimum Gasteiger partial charge on any atom is -0.465 e. The summed E-state index contributed by atoms with van der Waals surface area (Å²) in [6, 6.07) is 4.09. The SMILES string of the molecule is C[C@@H]1CN(C(=O)C2CC2c2ccc(C(C)(C)C)o2)C[C@H](C)O1. The molecular formula is C18H27NO3. The molecule has 0 N–H and O–H groups in total. The van der Waals surface area contributed by atoms with E-state index in [1.54, 1.807) is 0 Å². The standard InChI is InChI=1S/C18H27NO3/c1-11-9-19(10-12(2)21-11)17(20)14-8-13(14)15-6-7-16(22-15)18(3,4)5/h6-7,11-14H,8-10H2,1-5H3/t11-,12+,13?,14?. The van der Waals surface area contributed by atoms with Crippen molar-refractivity contribution in [3.8, 4) is 0 Å². The average molecular weight is 305 g/mol. The summed E-state index contributed by atoms with van der Waals surface area (Å²) in [7, 11) is 0. The molecule has 1 aromatic heterocycles. The number of rotatable bonds is 2. The van der Waals surface area contributed by atoms with Gasteiger partial charge in [-0.3, -0.25) is 4.79 Å². The minimum absolute atomic E-state index is 0.0156. The van der Waals surface area contributed by atoms with E-state index in [0.29, 0.717) is 13.1 Å². The summed E-state index contributed by atoms with van der Waals surface area (Å²) in [6.07, 6.45) is 1.16. The largest absolute Gasteiger partial charge is 0.465 e. The van der Waals surface area contributed by atoms with E-state index in [1.165, 1.54) is 0 Å². The zero-order valence-electron chi connectivity index (χ0n) is 14.3. The van der Waals surface area contributed by atoms with Crippen LogP contribution in [0.5, 0.6) is 0 Å². The number of carbonyl (C=O) groups is 1. The van der Waals surface area contributed by atoms with E-state index < -0.39 is 0 Å². The van der Waals surface area contributed by atoms with Crippen LogP contribution in [0, 0.1) is 5.92 Å². The third-order valence-electron chi connectivity index (χ3n) is 4.57. The maximum Gasteiger partial charge on any atom is 0.226 e. The van der Waals surface area contributed by atoms with Crippen molar-refractivity contribution in [1.29, 1.82) is 0 Å². The molecule has 4 atom stereocenters. The lowest BCUT2D eigenvalue weighted by atomic mass is 9.94. The fourth-order valence-corrected chi connectivity index (χ4v) is 3.33. The molecule has 0 radical (unpaired) electrons. The third kappa shape index (κ3) is 3.07. The Morgan fingerprint density at radius 1 is 1.18 bits per heavy atom. The Labute approximate surface area is 132 Å². The minimum atomic E-state index is 0.0156. The Kier molecular flexibility index (Phi) is 3.84. The Bertz CT molecular complexity index is 547. The summed E-state index contributed by atoms with van der Waals surface area (Å²) < 4.78 is 11.7. The topological polar surface area (TPSA) is 42.7 Å². The number of ether oxygens (including phenoxy) is 1. The first-order chi connectivity index (χ1) is 10.3. The first-order valence-electron chi connectivity index (χ1n) is 8.30. The molecule has 1 aliphatic heterocycles. The van der Waals surface area contributed by atoms with Gasteiger partial charge in [0.05, 0.1) is 12.2 Å². The fourth-order valence-electron chi connectivity index (χ4n) is 3.33. The van der Waals surface area contributed by atoms with Crippen molar-refractivity contribution >= 4 is 5.91 Å². The first-order valence-corrected chi connectivity index (χ1v) is 8.30. The Balaban J connectivity index is 1.64. The number of carbonyl (C=O) groups excluding carboxylic acids is 1. The van der Waals surface area contributed by atoms with Gasteiger partial charge in [0, 0.05) is 30.3 Å². The lowest BCUT2D eigenvalue weighted by Crippen LogP contribution is -2.48. The van der Waals surface area contributed by atoms with Gasteiger partial charge < -0.3 is 14.1 Å². The Hall–Kier alpha value is -1.29.